The Kier molecular flexibility index (Phi) is 5.01. The van der Waals surface area contributed by atoms with Gasteiger partial charge in [-0.2, -0.15) is 0 Å². The third-order valence-corrected chi connectivity index (χ3v) is 5.18. The quantitative estimate of drug-likeness (QED) is 0.482. The van der Waals surface area contributed by atoms with Crippen molar-refractivity contribution in [2.75, 3.05) is 27.2 Å². The largest absolute Gasteiger partial charge is 0.507 e. The summed E-state index contributed by atoms with van der Waals surface area (Å²) in [4.78, 5) is 28.9. The fourth-order valence-corrected chi connectivity index (χ4v) is 3.79. The number of aliphatic hydroxyl groups excluding tert-OH is 1. The van der Waals surface area contributed by atoms with Crippen LogP contribution in [0.2, 0.25) is 0 Å². The summed E-state index contributed by atoms with van der Waals surface area (Å²) in [5.41, 5.74) is 0.715. The van der Waals surface area contributed by atoms with Crippen molar-refractivity contribution < 1.29 is 19.6 Å². The van der Waals surface area contributed by atoms with E-state index in [9.17, 15) is 14.7 Å². The summed E-state index contributed by atoms with van der Waals surface area (Å²) in [5, 5.41) is 12.7. The first kappa shape index (κ1) is 17.4. The number of benzene rings is 1. The molecule has 1 aromatic heterocycles. The zero-order valence-electron chi connectivity index (χ0n) is 14.2. The molecular weight excluding hydrogens is 336 g/mol. The maximum absolute atomic E-state index is 12.7. The van der Waals surface area contributed by atoms with E-state index in [1.54, 1.807) is 29.2 Å². The van der Waals surface area contributed by atoms with Gasteiger partial charge in [0.2, 0.25) is 0 Å². The van der Waals surface area contributed by atoms with Crippen molar-refractivity contribution in [1.82, 2.24) is 4.90 Å². The SMILES string of the molecule is C[NH+](C)CCN1C(=O)C(=O)C(=C(O)c2ccccc2)[C@@H]1c1cccs1. The molecular formula is C19H21N2O3S+. The number of quaternary nitrogens is 1. The van der Waals surface area contributed by atoms with Gasteiger partial charge in [-0.05, 0) is 11.4 Å². The number of rotatable bonds is 5. The predicted octanol–water partition coefficient (Wildman–Crippen LogP) is 1.31. The number of hydrogen-bond acceptors (Lipinski definition) is 4. The van der Waals surface area contributed by atoms with Crippen LogP contribution in [-0.2, 0) is 9.59 Å². The number of carbonyl (C=O) groups is 2. The number of ketones is 1. The molecule has 1 atom stereocenters. The molecule has 0 bridgehead atoms. The van der Waals surface area contributed by atoms with E-state index in [2.05, 4.69) is 0 Å². The molecule has 1 amide bonds. The molecule has 5 nitrogen and oxygen atoms in total. The second-order valence-corrected chi connectivity index (χ2v) is 7.31. The number of likely N-dealkylation sites (tertiary alicyclic amines) is 1. The van der Waals surface area contributed by atoms with Gasteiger partial charge in [-0.1, -0.05) is 36.4 Å². The monoisotopic (exact) mass is 357 g/mol. The minimum Gasteiger partial charge on any atom is -0.507 e. The van der Waals surface area contributed by atoms with E-state index in [0.29, 0.717) is 12.1 Å². The molecule has 1 aromatic carbocycles. The van der Waals surface area contributed by atoms with Crippen molar-refractivity contribution in [3.05, 3.63) is 63.9 Å². The highest BCUT2D eigenvalue weighted by Gasteiger charge is 2.46. The first-order valence-corrected chi connectivity index (χ1v) is 9.05. The zero-order chi connectivity index (χ0) is 18.0. The van der Waals surface area contributed by atoms with Gasteiger partial charge < -0.3 is 14.9 Å². The van der Waals surface area contributed by atoms with E-state index in [1.165, 1.54) is 16.2 Å². The molecule has 0 spiro atoms. The van der Waals surface area contributed by atoms with Gasteiger partial charge in [0.05, 0.1) is 38.8 Å². The Balaban J connectivity index is 2.09. The van der Waals surface area contributed by atoms with Crippen molar-refractivity contribution >= 4 is 28.8 Å². The maximum atomic E-state index is 12.7. The number of carbonyl (C=O) groups excluding carboxylic acids is 2. The number of nitrogens with one attached hydrogen (secondary N) is 1. The minimum absolute atomic E-state index is 0.114. The zero-order valence-corrected chi connectivity index (χ0v) is 15.0. The average Bonchev–Trinajstić information content (AvgIpc) is 3.21. The van der Waals surface area contributed by atoms with Crippen LogP contribution in [0.15, 0.2) is 53.4 Å². The lowest BCUT2D eigenvalue weighted by molar-refractivity contribution is -0.857. The lowest BCUT2D eigenvalue weighted by Gasteiger charge is -2.24. The standard InChI is InChI=1S/C19H20N2O3S/c1-20(2)10-11-21-16(14-9-6-12-25-14)15(18(23)19(21)24)17(22)13-7-4-3-5-8-13/h3-9,12,16,22H,10-11H2,1-2H3/p+1/t16-/m0/s1. The highest BCUT2D eigenvalue weighted by molar-refractivity contribution is 7.10. The van der Waals surface area contributed by atoms with Gasteiger partial charge in [-0.15, -0.1) is 11.3 Å². The van der Waals surface area contributed by atoms with Crippen LogP contribution in [0, 0.1) is 0 Å². The summed E-state index contributed by atoms with van der Waals surface area (Å²) in [5.74, 6) is -1.28. The molecule has 3 rings (SSSR count). The van der Waals surface area contributed by atoms with E-state index in [1.807, 2.05) is 37.7 Å². The van der Waals surface area contributed by atoms with Crippen LogP contribution < -0.4 is 4.90 Å². The van der Waals surface area contributed by atoms with E-state index >= 15 is 0 Å². The smallest absolute Gasteiger partial charge is 0.295 e. The molecule has 2 aromatic rings. The topological polar surface area (TPSA) is 62.0 Å². The molecule has 25 heavy (non-hydrogen) atoms. The molecule has 130 valence electrons. The first-order chi connectivity index (χ1) is 12.0. The van der Waals surface area contributed by atoms with Crippen LogP contribution in [0.3, 0.4) is 0 Å². The number of thiophene rings is 1. The molecule has 1 aliphatic rings. The maximum Gasteiger partial charge on any atom is 0.295 e. The van der Waals surface area contributed by atoms with Gasteiger partial charge >= 0.3 is 0 Å². The van der Waals surface area contributed by atoms with Crippen molar-refractivity contribution in [2.45, 2.75) is 6.04 Å². The lowest BCUT2D eigenvalue weighted by Crippen LogP contribution is -3.06. The second-order valence-electron chi connectivity index (χ2n) is 6.33. The highest BCUT2D eigenvalue weighted by atomic mass is 32.1. The van der Waals surface area contributed by atoms with Crippen LogP contribution in [0.5, 0.6) is 0 Å². The van der Waals surface area contributed by atoms with Crippen LogP contribution >= 0.6 is 11.3 Å². The molecule has 0 saturated carbocycles. The summed E-state index contributed by atoms with van der Waals surface area (Å²) in [6, 6.07) is 12.2. The Morgan fingerprint density at radius 3 is 2.48 bits per heavy atom. The van der Waals surface area contributed by atoms with Crippen molar-refractivity contribution in [2.24, 2.45) is 0 Å². The Hall–Kier alpha value is -2.44. The Morgan fingerprint density at radius 1 is 1.16 bits per heavy atom. The Bertz CT molecular complexity index is 797. The van der Waals surface area contributed by atoms with Gasteiger partial charge in [-0.3, -0.25) is 9.59 Å². The molecule has 2 heterocycles. The van der Waals surface area contributed by atoms with E-state index in [0.717, 1.165) is 11.4 Å². The van der Waals surface area contributed by atoms with Gasteiger partial charge in [0, 0.05) is 10.4 Å². The fraction of sp³-hybridized carbons (Fsp3) is 0.263. The first-order valence-electron chi connectivity index (χ1n) is 8.17. The van der Waals surface area contributed by atoms with Gasteiger partial charge in [-0.25, -0.2) is 0 Å². The molecule has 2 N–H and O–H groups in total. The average molecular weight is 357 g/mol. The number of hydrogen-bond donors (Lipinski definition) is 2. The molecule has 1 saturated heterocycles. The van der Waals surface area contributed by atoms with E-state index in [4.69, 9.17) is 0 Å². The van der Waals surface area contributed by atoms with Gasteiger partial charge in [0.15, 0.2) is 0 Å². The molecule has 1 fully saturated rings. The summed E-state index contributed by atoms with van der Waals surface area (Å²) >= 11 is 1.48. The molecule has 0 aliphatic carbocycles. The number of amides is 1. The van der Waals surface area contributed by atoms with Gasteiger partial charge in [0.25, 0.3) is 11.7 Å². The van der Waals surface area contributed by atoms with Crippen LogP contribution in [0.4, 0.5) is 0 Å². The summed E-state index contributed by atoms with van der Waals surface area (Å²) in [6.45, 7) is 1.18. The van der Waals surface area contributed by atoms with Crippen molar-refractivity contribution in [1.29, 1.82) is 0 Å². The van der Waals surface area contributed by atoms with E-state index < -0.39 is 17.7 Å². The fourth-order valence-electron chi connectivity index (χ4n) is 2.95. The normalized spacial score (nSPS) is 19.8. The molecule has 1 aliphatic heterocycles. The van der Waals surface area contributed by atoms with Crippen molar-refractivity contribution in [3.63, 3.8) is 0 Å². The van der Waals surface area contributed by atoms with Crippen LogP contribution in [-0.4, -0.2) is 48.9 Å². The third-order valence-electron chi connectivity index (χ3n) is 4.25. The molecule has 0 unspecified atom stereocenters. The highest BCUT2D eigenvalue weighted by Crippen LogP contribution is 2.40. The number of nitrogens with zero attached hydrogens (tertiary/aromatic N) is 1. The van der Waals surface area contributed by atoms with Crippen LogP contribution in [0.1, 0.15) is 16.5 Å². The number of aliphatic hydroxyl groups is 1. The van der Waals surface area contributed by atoms with Gasteiger partial charge in [0.1, 0.15) is 5.76 Å². The number of Topliss-reactive ketones (excluding diaryl/α,β-unsaturated/α-hetero) is 1. The second kappa shape index (κ2) is 7.21. The molecule has 0 radical (unpaired) electrons. The third kappa shape index (κ3) is 3.36. The van der Waals surface area contributed by atoms with Crippen molar-refractivity contribution in [3.8, 4) is 0 Å². The predicted molar refractivity (Wildman–Crippen MR) is 97.4 cm³/mol. The lowest BCUT2D eigenvalue weighted by atomic mass is 10.00. The van der Waals surface area contributed by atoms with E-state index in [-0.39, 0.29) is 11.3 Å². The Labute approximate surface area is 150 Å². The summed E-state index contributed by atoms with van der Waals surface area (Å²) in [7, 11) is 4.00. The molecule has 6 heteroatoms. The Morgan fingerprint density at radius 2 is 1.88 bits per heavy atom. The minimum atomic E-state index is -0.617. The summed E-state index contributed by atoms with van der Waals surface area (Å²) < 4.78 is 0. The summed E-state index contributed by atoms with van der Waals surface area (Å²) in [6.07, 6.45) is 0. The van der Waals surface area contributed by atoms with Crippen LogP contribution in [0.25, 0.3) is 5.76 Å². The number of likely N-dealkylation sites (N-methyl/N-ethyl adjacent to an activating group) is 1.